The van der Waals surface area contributed by atoms with E-state index in [9.17, 15) is 18.0 Å². The molecular formula is C21H24F3N3O3. The summed E-state index contributed by atoms with van der Waals surface area (Å²) in [5.74, 6) is 0.667. The van der Waals surface area contributed by atoms with E-state index >= 15 is 0 Å². The Morgan fingerprint density at radius 3 is 2.67 bits per heavy atom. The second-order valence-corrected chi connectivity index (χ2v) is 6.34. The molecule has 0 spiro atoms. The maximum atomic E-state index is 12.7. The van der Waals surface area contributed by atoms with Crippen molar-refractivity contribution < 1.29 is 27.4 Å². The van der Waals surface area contributed by atoms with Crippen molar-refractivity contribution in [2.45, 2.75) is 25.9 Å². The van der Waals surface area contributed by atoms with Gasteiger partial charge in [0.05, 0.1) is 32.0 Å². The number of nitrogens with one attached hydrogen (secondary N) is 2. The molecule has 0 atom stereocenters. The van der Waals surface area contributed by atoms with Crippen LogP contribution in [0.2, 0.25) is 0 Å². The summed E-state index contributed by atoms with van der Waals surface area (Å²) in [6.07, 6.45) is -1.05. The van der Waals surface area contributed by atoms with E-state index in [-0.39, 0.29) is 12.2 Å². The van der Waals surface area contributed by atoms with Crippen molar-refractivity contribution in [2.24, 2.45) is 5.10 Å². The molecule has 0 aliphatic heterocycles. The molecule has 0 aliphatic rings. The van der Waals surface area contributed by atoms with Crippen molar-refractivity contribution >= 4 is 17.8 Å². The van der Waals surface area contributed by atoms with E-state index in [1.165, 1.54) is 25.5 Å². The van der Waals surface area contributed by atoms with E-state index < -0.39 is 17.6 Å². The monoisotopic (exact) mass is 423 g/mol. The molecule has 0 bridgehead atoms. The van der Waals surface area contributed by atoms with Gasteiger partial charge in [0.2, 0.25) is 0 Å². The smallest absolute Gasteiger partial charge is 0.416 e. The number of alkyl halides is 3. The zero-order valence-corrected chi connectivity index (χ0v) is 16.8. The molecule has 0 heterocycles. The topological polar surface area (TPSA) is 72.0 Å². The largest absolute Gasteiger partial charge is 0.493 e. The molecule has 2 aromatic carbocycles. The van der Waals surface area contributed by atoms with Crippen molar-refractivity contribution in [2.75, 3.05) is 25.6 Å². The third kappa shape index (κ3) is 7.31. The predicted octanol–water partition coefficient (Wildman–Crippen LogP) is 4.46. The van der Waals surface area contributed by atoms with Crippen LogP contribution in [0.15, 0.2) is 47.6 Å². The lowest BCUT2D eigenvalue weighted by molar-refractivity contribution is -0.137. The first kappa shape index (κ1) is 23.1. The minimum Gasteiger partial charge on any atom is -0.493 e. The summed E-state index contributed by atoms with van der Waals surface area (Å²) in [6, 6.07) is 9.86. The summed E-state index contributed by atoms with van der Waals surface area (Å²) in [6.45, 7) is 2.44. The Kier molecular flexibility index (Phi) is 8.52. The van der Waals surface area contributed by atoms with Crippen molar-refractivity contribution in [3.05, 3.63) is 53.6 Å². The molecule has 0 saturated heterocycles. The number of carbonyl (C=O) groups excluding carboxylic acids is 1. The Labute approximate surface area is 173 Å². The molecule has 1 amide bonds. The summed E-state index contributed by atoms with van der Waals surface area (Å²) in [5, 5.41) is 6.48. The number of ether oxygens (including phenoxy) is 2. The SMILES string of the molecule is CCCCOc1ccc(/C=N\NC(=O)CNc2cccc(C(F)(F)F)c2)cc1OC. The van der Waals surface area contributed by atoms with E-state index in [1.54, 1.807) is 18.2 Å². The molecule has 30 heavy (non-hydrogen) atoms. The molecule has 2 aromatic rings. The number of hydrogen-bond acceptors (Lipinski definition) is 5. The summed E-state index contributed by atoms with van der Waals surface area (Å²) < 4.78 is 49.1. The Balaban J connectivity index is 1.87. The molecule has 0 radical (unpaired) electrons. The molecule has 0 unspecified atom stereocenters. The van der Waals surface area contributed by atoms with E-state index in [2.05, 4.69) is 22.8 Å². The number of hydrazone groups is 1. The molecule has 2 N–H and O–H groups in total. The van der Waals surface area contributed by atoms with Crippen molar-refractivity contribution in [1.29, 1.82) is 0 Å². The number of benzene rings is 2. The number of methoxy groups -OCH3 is 1. The minimum atomic E-state index is -4.44. The van der Waals surface area contributed by atoms with Gasteiger partial charge in [-0.1, -0.05) is 19.4 Å². The first-order valence-electron chi connectivity index (χ1n) is 9.37. The zero-order chi connectivity index (χ0) is 22.0. The second-order valence-electron chi connectivity index (χ2n) is 6.34. The van der Waals surface area contributed by atoms with Crippen LogP contribution < -0.4 is 20.2 Å². The van der Waals surface area contributed by atoms with Gasteiger partial charge in [-0.15, -0.1) is 0 Å². The van der Waals surface area contributed by atoms with Crippen molar-refractivity contribution in [1.82, 2.24) is 5.43 Å². The third-order valence-electron chi connectivity index (χ3n) is 3.99. The standard InChI is InChI=1S/C21H24F3N3O3/c1-3-4-10-30-18-9-8-15(11-19(18)29-2)13-26-27-20(28)14-25-17-7-5-6-16(12-17)21(22,23)24/h5-9,11-13,25H,3-4,10,14H2,1-2H3,(H,27,28)/b26-13-. The van der Waals surface area contributed by atoms with Gasteiger partial charge in [-0.3, -0.25) is 4.79 Å². The number of nitrogens with zero attached hydrogens (tertiary/aromatic N) is 1. The molecule has 162 valence electrons. The molecule has 2 rings (SSSR count). The lowest BCUT2D eigenvalue weighted by Gasteiger charge is -2.11. The van der Waals surface area contributed by atoms with Gasteiger partial charge < -0.3 is 14.8 Å². The molecule has 9 heteroatoms. The third-order valence-corrected chi connectivity index (χ3v) is 3.99. The quantitative estimate of drug-likeness (QED) is 0.336. The van der Waals surface area contributed by atoms with Gasteiger partial charge in [-0.05, 0) is 48.4 Å². The first-order valence-corrected chi connectivity index (χ1v) is 9.37. The lowest BCUT2D eigenvalue weighted by Crippen LogP contribution is -2.26. The summed E-state index contributed by atoms with van der Waals surface area (Å²) in [4.78, 5) is 11.9. The number of halogens is 3. The lowest BCUT2D eigenvalue weighted by atomic mass is 10.2. The van der Waals surface area contributed by atoms with Gasteiger partial charge in [0, 0.05) is 5.69 Å². The minimum absolute atomic E-state index is 0.187. The molecule has 0 aromatic heterocycles. The number of anilines is 1. The van der Waals surface area contributed by atoms with Gasteiger partial charge in [-0.2, -0.15) is 18.3 Å². The first-order chi connectivity index (χ1) is 14.3. The highest BCUT2D eigenvalue weighted by Crippen LogP contribution is 2.30. The fourth-order valence-corrected chi connectivity index (χ4v) is 2.42. The van der Waals surface area contributed by atoms with Gasteiger partial charge in [0.15, 0.2) is 11.5 Å². The van der Waals surface area contributed by atoms with Crippen LogP contribution in [-0.4, -0.2) is 32.4 Å². The number of rotatable bonds is 10. The van der Waals surface area contributed by atoms with Crippen LogP contribution in [0.1, 0.15) is 30.9 Å². The van der Waals surface area contributed by atoms with Crippen LogP contribution in [0.4, 0.5) is 18.9 Å². The molecule has 0 saturated carbocycles. The van der Waals surface area contributed by atoms with Gasteiger partial charge in [-0.25, -0.2) is 5.43 Å². The van der Waals surface area contributed by atoms with Crippen LogP contribution in [0.3, 0.4) is 0 Å². The normalized spacial score (nSPS) is 11.4. The summed E-state index contributed by atoms with van der Waals surface area (Å²) in [7, 11) is 1.53. The van der Waals surface area contributed by atoms with Gasteiger partial charge in [0.25, 0.3) is 5.91 Å². The molecule has 6 nitrogen and oxygen atoms in total. The number of unbranched alkanes of at least 4 members (excludes halogenated alkanes) is 1. The Morgan fingerprint density at radius 1 is 1.17 bits per heavy atom. The zero-order valence-electron chi connectivity index (χ0n) is 16.8. The highest BCUT2D eigenvalue weighted by molar-refractivity contribution is 5.84. The summed E-state index contributed by atoms with van der Waals surface area (Å²) >= 11 is 0. The molecule has 0 fully saturated rings. The number of hydrogen-bond donors (Lipinski definition) is 2. The van der Waals surface area contributed by atoms with Crippen LogP contribution >= 0.6 is 0 Å². The molecule has 0 aliphatic carbocycles. The Hall–Kier alpha value is -3.23. The highest BCUT2D eigenvalue weighted by Gasteiger charge is 2.30. The fraction of sp³-hybridized carbons (Fsp3) is 0.333. The van der Waals surface area contributed by atoms with E-state index in [0.717, 1.165) is 25.0 Å². The van der Waals surface area contributed by atoms with Crippen LogP contribution in [0.5, 0.6) is 11.5 Å². The van der Waals surface area contributed by atoms with Crippen molar-refractivity contribution in [3.8, 4) is 11.5 Å². The van der Waals surface area contributed by atoms with Crippen LogP contribution in [0.25, 0.3) is 0 Å². The predicted molar refractivity (Wildman–Crippen MR) is 109 cm³/mol. The van der Waals surface area contributed by atoms with Crippen molar-refractivity contribution in [3.63, 3.8) is 0 Å². The van der Waals surface area contributed by atoms with Crippen LogP contribution in [0, 0.1) is 0 Å². The number of amides is 1. The Morgan fingerprint density at radius 2 is 1.97 bits per heavy atom. The maximum Gasteiger partial charge on any atom is 0.416 e. The average molecular weight is 423 g/mol. The fourth-order valence-electron chi connectivity index (χ4n) is 2.42. The van der Waals surface area contributed by atoms with Gasteiger partial charge in [0.1, 0.15) is 0 Å². The average Bonchev–Trinajstić information content (AvgIpc) is 2.72. The van der Waals surface area contributed by atoms with Crippen LogP contribution in [-0.2, 0) is 11.0 Å². The van der Waals surface area contributed by atoms with Gasteiger partial charge >= 0.3 is 6.18 Å². The van der Waals surface area contributed by atoms with E-state index in [0.29, 0.717) is 23.7 Å². The highest BCUT2D eigenvalue weighted by atomic mass is 19.4. The number of carbonyl (C=O) groups is 1. The second kappa shape index (κ2) is 11.1. The molecular weight excluding hydrogens is 399 g/mol. The maximum absolute atomic E-state index is 12.7. The Bertz CT molecular complexity index is 870. The van der Waals surface area contributed by atoms with E-state index in [1.807, 2.05) is 0 Å². The summed E-state index contributed by atoms with van der Waals surface area (Å²) in [5.41, 5.74) is 2.39. The van der Waals surface area contributed by atoms with E-state index in [4.69, 9.17) is 9.47 Å².